The Labute approximate surface area is 121 Å². The SMILES string of the molecule is COc1ccc(C(N)c2nc3c(s2)CCCC3)cc1F. The van der Waals surface area contributed by atoms with Crippen molar-refractivity contribution in [2.24, 2.45) is 5.73 Å². The Kier molecular flexibility index (Phi) is 3.72. The van der Waals surface area contributed by atoms with Crippen LogP contribution in [0.4, 0.5) is 4.39 Å². The second-order valence-corrected chi connectivity index (χ2v) is 6.12. The van der Waals surface area contributed by atoms with Gasteiger partial charge in [0.25, 0.3) is 0 Å². The molecule has 20 heavy (non-hydrogen) atoms. The molecule has 0 radical (unpaired) electrons. The van der Waals surface area contributed by atoms with Crippen molar-refractivity contribution < 1.29 is 9.13 Å². The number of benzene rings is 1. The van der Waals surface area contributed by atoms with E-state index < -0.39 is 0 Å². The lowest BCUT2D eigenvalue weighted by Gasteiger charge is -2.10. The van der Waals surface area contributed by atoms with Gasteiger partial charge in [0, 0.05) is 4.88 Å². The van der Waals surface area contributed by atoms with E-state index in [1.54, 1.807) is 23.5 Å². The van der Waals surface area contributed by atoms with Crippen LogP contribution < -0.4 is 10.5 Å². The van der Waals surface area contributed by atoms with Crippen molar-refractivity contribution in [3.05, 3.63) is 45.2 Å². The van der Waals surface area contributed by atoms with Crippen molar-refractivity contribution >= 4 is 11.3 Å². The summed E-state index contributed by atoms with van der Waals surface area (Å²) >= 11 is 1.66. The third-order valence-corrected chi connectivity index (χ3v) is 4.90. The monoisotopic (exact) mass is 292 g/mol. The van der Waals surface area contributed by atoms with E-state index in [4.69, 9.17) is 10.5 Å². The van der Waals surface area contributed by atoms with Gasteiger partial charge in [0.2, 0.25) is 0 Å². The zero-order valence-corrected chi connectivity index (χ0v) is 12.2. The summed E-state index contributed by atoms with van der Waals surface area (Å²) in [7, 11) is 1.45. The Morgan fingerprint density at radius 1 is 1.35 bits per heavy atom. The summed E-state index contributed by atoms with van der Waals surface area (Å²) in [6.07, 6.45) is 4.55. The van der Waals surface area contributed by atoms with Gasteiger partial charge in [-0.05, 0) is 43.4 Å². The fraction of sp³-hybridized carbons (Fsp3) is 0.400. The molecule has 0 amide bonds. The zero-order valence-electron chi connectivity index (χ0n) is 11.4. The molecule has 0 bridgehead atoms. The average Bonchev–Trinajstić information content (AvgIpc) is 2.90. The number of aromatic nitrogens is 1. The van der Waals surface area contributed by atoms with Crippen LogP contribution in [0.15, 0.2) is 18.2 Å². The van der Waals surface area contributed by atoms with E-state index in [1.165, 1.54) is 36.6 Å². The highest BCUT2D eigenvalue weighted by atomic mass is 32.1. The number of nitrogens with zero attached hydrogens (tertiary/aromatic N) is 1. The minimum atomic E-state index is -0.387. The van der Waals surface area contributed by atoms with Gasteiger partial charge in [0.15, 0.2) is 11.6 Å². The van der Waals surface area contributed by atoms with Gasteiger partial charge in [0.1, 0.15) is 5.01 Å². The van der Waals surface area contributed by atoms with Crippen LogP contribution in [0.5, 0.6) is 5.75 Å². The number of hydrogen-bond acceptors (Lipinski definition) is 4. The molecule has 0 aliphatic heterocycles. The molecule has 1 aliphatic carbocycles. The number of methoxy groups -OCH3 is 1. The molecule has 1 aliphatic rings. The highest BCUT2D eigenvalue weighted by molar-refractivity contribution is 7.11. The zero-order chi connectivity index (χ0) is 14.1. The third kappa shape index (κ3) is 2.43. The highest BCUT2D eigenvalue weighted by Gasteiger charge is 2.20. The standard InChI is InChI=1S/C15H17FN2OS/c1-19-12-7-6-9(8-10(12)16)14(17)15-18-11-4-2-3-5-13(11)20-15/h6-8,14H,2-5,17H2,1H3. The fourth-order valence-electron chi connectivity index (χ4n) is 2.52. The van der Waals surface area contributed by atoms with E-state index >= 15 is 0 Å². The van der Waals surface area contributed by atoms with Crippen LogP contribution in [0.3, 0.4) is 0 Å². The summed E-state index contributed by atoms with van der Waals surface area (Å²) in [5.41, 5.74) is 8.14. The van der Waals surface area contributed by atoms with Crippen molar-refractivity contribution in [1.29, 1.82) is 0 Å². The molecule has 3 rings (SSSR count). The Bertz CT molecular complexity index is 603. The molecule has 2 aromatic rings. The maximum atomic E-state index is 13.8. The van der Waals surface area contributed by atoms with Crippen molar-refractivity contribution in [3.8, 4) is 5.75 Å². The summed E-state index contributed by atoms with van der Waals surface area (Å²) in [5.74, 6) is -0.152. The first-order valence-electron chi connectivity index (χ1n) is 6.76. The molecule has 0 fully saturated rings. The molecular formula is C15H17FN2OS. The van der Waals surface area contributed by atoms with Gasteiger partial charge < -0.3 is 10.5 Å². The lowest BCUT2D eigenvalue weighted by atomic mass is 10.0. The Balaban J connectivity index is 1.90. The number of fused-ring (bicyclic) bond motifs is 1. The number of aryl methyl sites for hydroxylation is 2. The molecule has 2 N–H and O–H groups in total. The first-order chi connectivity index (χ1) is 9.69. The Hall–Kier alpha value is -1.46. The van der Waals surface area contributed by atoms with Gasteiger partial charge in [-0.1, -0.05) is 6.07 Å². The van der Waals surface area contributed by atoms with Gasteiger partial charge in [-0.3, -0.25) is 0 Å². The maximum absolute atomic E-state index is 13.8. The van der Waals surface area contributed by atoms with E-state index in [-0.39, 0.29) is 17.6 Å². The smallest absolute Gasteiger partial charge is 0.165 e. The number of rotatable bonds is 3. The molecule has 1 heterocycles. The minimum Gasteiger partial charge on any atom is -0.494 e. The van der Waals surface area contributed by atoms with Crippen LogP contribution in [0.2, 0.25) is 0 Å². The van der Waals surface area contributed by atoms with E-state index in [9.17, 15) is 4.39 Å². The number of thiazole rings is 1. The number of nitrogens with two attached hydrogens (primary N) is 1. The summed E-state index contributed by atoms with van der Waals surface area (Å²) in [4.78, 5) is 5.98. The predicted molar refractivity (Wildman–Crippen MR) is 77.7 cm³/mol. The van der Waals surface area contributed by atoms with Gasteiger partial charge in [-0.2, -0.15) is 0 Å². The predicted octanol–water partition coefficient (Wildman–Crippen LogP) is 3.22. The van der Waals surface area contributed by atoms with Gasteiger partial charge >= 0.3 is 0 Å². The second kappa shape index (κ2) is 5.50. The van der Waals surface area contributed by atoms with Crippen molar-refractivity contribution in [1.82, 2.24) is 4.98 Å². The molecule has 0 saturated heterocycles. The van der Waals surface area contributed by atoms with Crippen molar-refractivity contribution in [2.45, 2.75) is 31.7 Å². The van der Waals surface area contributed by atoms with Crippen LogP contribution in [0.25, 0.3) is 0 Å². The molecule has 106 valence electrons. The van der Waals surface area contributed by atoms with E-state index in [2.05, 4.69) is 4.98 Å². The molecule has 0 spiro atoms. The summed E-state index contributed by atoms with van der Waals surface area (Å²) in [5, 5.41) is 0.876. The maximum Gasteiger partial charge on any atom is 0.165 e. The van der Waals surface area contributed by atoms with Crippen LogP contribution >= 0.6 is 11.3 Å². The highest BCUT2D eigenvalue weighted by Crippen LogP contribution is 2.32. The molecular weight excluding hydrogens is 275 g/mol. The summed E-state index contributed by atoms with van der Waals surface area (Å²) in [6, 6.07) is 4.47. The third-order valence-electron chi connectivity index (χ3n) is 3.66. The van der Waals surface area contributed by atoms with Gasteiger partial charge in [0.05, 0.1) is 18.8 Å². The number of halogens is 1. The quantitative estimate of drug-likeness (QED) is 0.945. The fourth-order valence-corrected chi connectivity index (χ4v) is 3.71. The van der Waals surface area contributed by atoms with E-state index in [1.807, 2.05) is 0 Å². The molecule has 1 aromatic carbocycles. The van der Waals surface area contributed by atoms with Gasteiger partial charge in [-0.15, -0.1) is 11.3 Å². The van der Waals surface area contributed by atoms with Crippen LogP contribution in [0, 0.1) is 5.82 Å². The average molecular weight is 292 g/mol. The van der Waals surface area contributed by atoms with Crippen LogP contribution in [-0.2, 0) is 12.8 Å². The largest absolute Gasteiger partial charge is 0.494 e. The molecule has 0 saturated carbocycles. The molecule has 1 aromatic heterocycles. The molecule has 5 heteroatoms. The topological polar surface area (TPSA) is 48.1 Å². The number of ether oxygens (including phenoxy) is 1. The normalized spacial score (nSPS) is 15.8. The van der Waals surface area contributed by atoms with E-state index in [0.717, 1.165) is 23.4 Å². The van der Waals surface area contributed by atoms with Crippen LogP contribution in [0.1, 0.15) is 40.0 Å². The van der Waals surface area contributed by atoms with Gasteiger partial charge in [-0.25, -0.2) is 9.37 Å². The van der Waals surface area contributed by atoms with Crippen LogP contribution in [-0.4, -0.2) is 12.1 Å². The molecule has 1 unspecified atom stereocenters. The first-order valence-corrected chi connectivity index (χ1v) is 7.58. The summed E-state index contributed by atoms with van der Waals surface area (Å²) < 4.78 is 18.7. The lowest BCUT2D eigenvalue weighted by molar-refractivity contribution is 0.386. The molecule has 3 nitrogen and oxygen atoms in total. The van der Waals surface area contributed by atoms with Crippen molar-refractivity contribution in [3.63, 3.8) is 0 Å². The van der Waals surface area contributed by atoms with Crippen molar-refractivity contribution in [2.75, 3.05) is 7.11 Å². The van der Waals surface area contributed by atoms with E-state index in [0.29, 0.717) is 0 Å². The lowest BCUT2D eigenvalue weighted by Crippen LogP contribution is -2.12. The second-order valence-electron chi connectivity index (χ2n) is 5.00. The number of hydrogen-bond donors (Lipinski definition) is 1. The Morgan fingerprint density at radius 2 is 2.15 bits per heavy atom. The molecule has 1 atom stereocenters. The minimum absolute atomic E-state index is 0.236. The Morgan fingerprint density at radius 3 is 2.85 bits per heavy atom. The first kappa shape index (κ1) is 13.5. The summed E-state index contributed by atoms with van der Waals surface area (Å²) in [6.45, 7) is 0.